The van der Waals surface area contributed by atoms with Crippen molar-refractivity contribution in [3.05, 3.63) is 0 Å². The average molecular weight is 167 g/mol. The Balaban J connectivity index is 2.18. The Morgan fingerprint density at radius 2 is 2.33 bits per heavy atom. The molecular formula is C10H17NO. The van der Waals surface area contributed by atoms with Gasteiger partial charge in [0.25, 0.3) is 0 Å². The molecule has 0 aliphatic heterocycles. The summed E-state index contributed by atoms with van der Waals surface area (Å²) in [7, 11) is 0. The molecular weight excluding hydrogens is 150 g/mol. The lowest BCUT2D eigenvalue weighted by atomic mass is 9.81. The van der Waals surface area contributed by atoms with E-state index in [0.29, 0.717) is 6.54 Å². The van der Waals surface area contributed by atoms with E-state index >= 15 is 0 Å². The van der Waals surface area contributed by atoms with Gasteiger partial charge in [-0.2, -0.15) is 0 Å². The van der Waals surface area contributed by atoms with Gasteiger partial charge in [0, 0.05) is 0 Å². The minimum atomic E-state index is 0.681. The maximum Gasteiger partial charge on any atom is 0.234 e. The van der Waals surface area contributed by atoms with Crippen LogP contribution in [-0.4, -0.2) is 12.6 Å². The number of aliphatic imine (C=N–C) groups is 1. The van der Waals surface area contributed by atoms with Gasteiger partial charge in [0.1, 0.15) is 0 Å². The Hall–Kier alpha value is -0.620. The lowest BCUT2D eigenvalue weighted by molar-refractivity contribution is 0.273. The van der Waals surface area contributed by atoms with Gasteiger partial charge in [0.05, 0.1) is 6.54 Å². The molecule has 0 N–H and O–H groups in total. The number of hydrogen-bond acceptors (Lipinski definition) is 2. The van der Waals surface area contributed by atoms with Crippen LogP contribution in [0.4, 0.5) is 0 Å². The molecule has 12 heavy (non-hydrogen) atoms. The van der Waals surface area contributed by atoms with Crippen molar-refractivity contribution in [2.24, 2.45) is 16.8 Å². The van der Waals surface area contributed by atoms with Crippen molar-refractivity contribution in [2.45, 2.75) is 39.0 Å². The maximum atomic E-state index is 9.82. The third-order valence-corrected chi connectivity index (χ3v) is 2.76. The number of rotatable bonds is 3. The van der Waals surface area contributed by atoms with Gasteiger partial charge in [0.2, 0.25) is 6.08 Å². The number of nitrogens with zero attached hydrogens (tertiary/aromatic N) is 1. The van der Waals surface area contributed by atoms with E-state index in [4.69, 9.17) is 0 Å². The van der Waals surface area contributed by atoms with E-state index in [0.717, 1.165) is 18.3 Å². The molecule has 2 heteroatoms. The van der Waals surface area contributed by atoms with Gasteiger partial charge in [0.15, 0.2) is 0 Å². The molecule has 0 heterocycles. The first-order valence-corrected chi connectivity index (χ1v) is 4.86. The summed E-state index contributed by atoms with van der Waals surface area (Å²) in [4.78, 5) is 13.4. The van der Waals surface area contributed by atoms with E-state index in [1.807, 2.05) is 0 Å². The van der Waals surface area contributed by atoms with E-state index in [9.17, 15) is 4.79 Å². The molecule has 0 saturated heterocycles. The van der Waals surface area contributed by atoms with Crippen LogP contribution < -0.4 is 0 Å². The summed E-state index contributed by atoms with van der Waals surface area (Å²) in [6.07, 6.45) is 8.08. The van der Waals surface area contributed by atoms with Crippen molar-refractivity contribution in [3.63, 3.8) is 0 Å². The van der Waals surface area contributed by atoms with Crippen LogP contribution in [0.3, 0.4) is 0 Å². The van der Waals surface area contributed by atoms with E-state index in [-0.39, 0.29) is 0 Å². The molecule has 68 valence electrons. The third-order valence-electron chi connectivity index (χ3n) is 2.76. The molecule has 2 nitrogen and oxygen atoms in total. The molecule has 0 aromatic carbocycles. The Labute approximate surface area is 74.1 Å². The number of carbonyl (C=O) groups excluding carboxylic acids is 1. The molecule has 2 unspecified atom stereocenters. The second kappa shape index (κ2) is 5.10. The lowest BCUT2D eigenvalue weighted by Crippen LogP contribution is -2.13. The second-order valence-electron chi connectivity index (χ2n) is 3.90. The van der Waals surface area contributed by atoms with Crippen molar-refractivity contribution < 1.29 is 4.79 Å². The Morgan fingerprint density at radius 1 is 1.50 bits per heavy atom. The van der Waals surface area contributed by atoms with Crippen molar-refractivity contribution >= 4 is 6.08 Å². The molecule has 0 spiro atoms. The summed E-state index contributed by atoms with van der Waals surface area (Å²) in [6, 6.07) is 0. The SMILES string of the molecule is CC1CCCC(CCN=C=O)C1. The molecule has 0 bridgehead atoms. The predicted octanol–water partition coefficient (Wildman–Crippen LogP) is 2.54. The van der Waals surface area contributed by atoms with Crippen molar-refractivity contribution in [3.8, 4) is 0 Å². The summed E-state index contributed by atoms with van der Waals surface area (Å²) in [5.41, 5.74) is 0. The minimum Gasteiger partial charge on any atom is -0.211 e. The molecule has 0 radical (unpaired) electrons. The van der Waals surface area contributed by atoms with Crippen LogP contribution in [0.25, 0.3) is 0 Å². The zero-order chi connectivity index (χ0) is 8.81. The summed E-state index contributed by atoms with van der Waals surface area (Å²) in [5.74, 6) is 1.69. The van der Waals surface area contributed by atoms with Gasteiger partial charge >= 0.3 is 0 Å². The highest BCUT2D eigenvalue weighted by atomic mass is 16.1. The average Bonchev–Trinajstić information content (AvgIpc) is 2.05. The Bertz CT molecular complexity index is 173. The zero-order valence-corrected chi connectivity index (χ0v) is 7.75. The Morgan fingerprint density at radius 3 is 3.00 bits per heavy atom. The standard InChI is InChI=1S/C10H17NO/c1-9-3-2-4-10(7-9)5-6-11-8-12/h9-10H,2-7H2,1H3. The third kappa shape index (κ3) is 3.19. The lowest BCUT2D eigenvalue weighted by Gasteiger charge is -2.25. The summed E-state index contributed by atoms with van der Waals surface area (Å²) >= 11 is 0. The monoisotopic (exact) mass is 167 g/mol. The van der Waals surface area contributed by atoms with E-state index in [2.05, 4.69) is 11.9 Å². The molecule has 0 aromatic heterocycles. The summed E-state index contributed by atoms with van der Waals surface area (Å²) in [6.45, 7) is 3.00. The van der Waals surface area contributed by atoms with Crippen molar-refractivity contribution in [2.75, 3.05) is 6.54 Å². The number of hydrogen-bond donors (Lipinski definition) is 0. The number of isocyanates is 1. The van der Waals surface area contributed by atoms with Gasteiger partial charge in [-0.25, -0.2) is 9.79 Å². The van der Waals surface area contributed by atoms with Crippen molar-refractivity contribution in [1.82, 2.24) is 0 Å². The highest BCUT2D eigenvalue weighted by molar-refractivity contribution is 5.32. The first-order valence-electron chi connectivity index (χ1n) is 4.86. The molecule has 0 aromatic rings. The molecule has 2 atom stereocenters. The fourth-order valence-electron chi connectivity index (χ4n) is 2.11. The zero-order valence-electron chi connectivity index (χ0n) is 7.75. The van der Waals surface area contributed by atoms with E-state index in [1.165, 1.54) is 25.7 Å². The highest BCUT2D eigenvalue weighted by Crippen LogP contribution is 2.30. The summed E-state index contributed by atoms with van der Waals surface area (Å²) in [5, 5.41) is 0. The summed E-state index contributed by atoms with van der Waals surface area (Å²) < 4.78 is 0. The molecule has 1 aliphatic rings. The fraction of sp³-hybridized carbons (Fsp3) is 0.900. The van der Waals surface area contributed by atoms with Crippen LogP contribution in [0.1, 0.15) is 39.0 Å². The molecule has 0 amide bonds. The van der Waals surface area contributed by atoms with E-state index < -0.39 is 0 Å². The molecule has 1 saturated carbocycles. The Kier molecular flexibility index (Phi) is 4.02. The van der Waals surface area contributed by atoms with Gasteiger partial charge in [-0.05, 0) is 24.7 Å². The largest absolute Gasteiger partial charge is 0.234 e. The van der Waals surface area contributed by atoms with Gasteiger partial charge in [-0.15, -0.1) is 0 Å². The van der Waals surface area contributed by atoms with Gasteiger partial charge in [-0.3, -0.25) is 0 Å². The van der Waals surface area contributed by atoms with Crippen LogP contribution in [0, 0.1) is 11.8 Å². The first kappa shape index (κ1) is 9.47. The van der Waals surface area contributed by atoms with Crippen LogP contribution in [0.2, 0.25) is 0 Å². The fourth-order valence-corrected chi connectivity index (χ4v) is 2.11. The normalized spacial score (nSPS) is 29.4. The molecule has 1 fully saturated rings. The highest BCUT2D eigenvalue weighted by Gasteiger charge is 2.17. The van der Waals surface area contributed by atoms with Gasteiger partial charge in [-0.1, -0.05) is 26.2 Å². The van der Waals surface area contributed by atoms with Crippen LogP contribution >= 0.6 is 0 Å². The minimum absolute atomic E-state index is 0.681. The van der Waals surface area contributed by atoms with Crippen LogP contribution in [0.5, 0.6) is 0 Å². The topological polar surface area (TPSA) is 29.4 Å². The van der Waals surface area contributed by atoms with Crippen LogP contribution in [-0.2, 0) is 4.79 Å². The first-order chi connectivity index (χ1) is 5.83. The predicted molar refractivity (Wildman–Crippen MR) is 48.7 cm³/mol. The maximum absolute atomic E-state index is 9.82. The smallest absolute Gasteiger partial charge is 0.211 e. The molecule has 1 aliphatic carbocycles. The second-order valence-corrected chi connectivity index (χ2v) is 3.90. The molecule has 1 rings (SSSR count). The van der Waals surface area contributed by atoms with Crippen LogP contribution in [0.15, 0.2) is 4.99 Å². The van der Waals surface area contributed by atoms with Gasteiger partial charge < -0.3 is 0 Å². The quantitative estimate of drug-likeness (QED) is 0.469. The van der Waals surface area contributed by atoms with Crippen molar-refractivity contribution in [1.29, 1.82) is 0 Å². The van der Waals surface area contributed by atoms with E-state index in [1.54, 1.807) is 6.08 Å².